The molecule has 0 bridgehead atoms. The molecule has 0 saturated carbocycles. The third-order valence-corrected chi connectivity index (χ3v) is 6.37. The Labute approximate surface area is 141 Å². The quantitative estimate of drug-likeness (QED) is 0.316. The molecule has 0 rings (SSSR count). The van der Waals surface area contributed by atoms with Crippen LogP contribution in [0.1, 0.15) is 53.4 Å². The molecule has 0 aliphatic heterocycles. The van der Waals surface area contributed by atoms with Gasteiger partial charge in [0.25, 0.3) is 0 Å². The molecule has 140 valence electrons. The van der Waals surface area contributed by atoms with Gasteiger partial charge < -0.3 is 14.2 Å². The molecule has 9 heteroatoms. The van der Waals surface area contributed by atoms with Gasteiger partial charge in [0.2, 0.25) is 8.38 Å². The highest BCUT2D eigenvalue weighted by Gasteiger charge is 2.35. The molecule has 0 saturated heterocycles. The van der Waals surface area contributed by atoms with Crippen molar-refractivity contribution in [1.29, 1.82) is 0 Å². The molecule has 23 heavy (non-hydrogen) atoms. The lowest BCUT2D eigenvalue weighted by atomic mass is 10.2. The molecule has 0 aromatic carbocycles. The van der Waals surface area contributed by atoms with E-state index in [9.17, 15) is 4.57 Å². The van der Waals surface area contributed by atoms with Gasteiger partial charge in [-0.25, -0.2) is 4.57 Å². The monoisotopic (exact) mass is 374 g/mol. The van der Waals surface area contributed by atoms with Crippen molar-refractivity contribution in [3.63, 3.8) is 0 Å². The summed E-state index contributed by atoms with van der Waals surface area (Å²) in [6.45, 7) is 8.81. The Bertz CT molecular complexity index is 302. The second-order valence-electron chi connectivity index (χ2n) is 4.54. The van der Waals surface area contributed by atoms with E-state index in [1.165, 1.54) is 0 Å². The zero-order valence-electron chi connectivity index (χ0n) is 14.7. The molecule has 0 aromatic rings. The van der Waals surface area contributed by atoms with Gasteiger partial charge >= 0.3 is 7.82 Å². The van der Waals surface area contributed by atoms with Crippen LogP contribution in [0.2, 0.25) is 0 Å². The maximum atomic E-state index is 12.6. The number of unbranched alkanes of at least 4 members (excludes halogenated alkanes) is 2. The molecule has 1 unspecified atom stereocenters. The second-order valence-corrected chi connectivity index (χ2v) is 7.82. The van der Waals surface area contributed by atoms with Crippen molar-refractivity contribution in [2.75, 3.05) is 33.0 Å². The minimum absolute atomic E-state index is 0.160. The summed E-state index contributed by atoms with van der Waals surface area (Å²) in [7, 11) is -4.97. The highest BCUT2D eigenvalue weighted by atomic mass is 31.2. The van der Waals surface area contributed by atoms with E-state index in [-0.39, 0.29) is 19.8 Å². The third-order valence-electron chi connectivity index (χ3n) is 2.68. The minimum atomic E-state index is -3.63. The molecule has 0 heterocycles. The molecule has 0 fully saturated rings. The lowest BCUT2D eigenvalue weighted by Gasteiger charge is -2.28. The minimum Gasteiger partial charge on any atom is -0.396 e. The molecule has 1 N–H and O–H groups in total. The van der Waals surface area contributed by atoms with E-state index >= 15 is 0 Å². The standard InChI is InChI=1S/C14H32O7P2/c1-5-17-22(18-6-2)14(12-10-9-11-13-15)21-23(16,19-7-3)20-8-4/h14-15H,5-13H2,1-4H3. The molecule has 0 radical (unpaired) electrons. The average molecular weight is 374 g/mol. The van der Waals surface area contributed by atoms with E-state index in [2.05, 4.69) is 0 Å². The second kappa shape index (κ2) is 14.7. The van der Waals surface area contributed by atoms with Crippen LogP contribution in [-0.4, -0.2) is 44.0 Å². The molecule has 0 spiro atoms. The van der Waals surface area contributed by atoms with Crippen molar-refractivity contribution in [1.82, 2.24) is 0 Å². The fourth-order valence-electron chi connectivity index (χ4n) is 1.83. The van der Waals surface area contributed by atoms with E-state index in [1.807, 2.05) is 13.8 Å². The van der Waals surface area contributed by atoms with Crippen LogP contribution >= 0.6 is 16.2 Å². The van der Waals surface area contributed by atoms with E-state index in [0.29, 0.717) is 19.6 Å². The summed E-state index contributed by atoms with van der Waals surface area (Å²) < 4.78 is 40.0. The van der Waals surface area contributed by atoms with Crippen LogP contribution in [0.4, 0.5) is 0 Å². The van der Waals surface area contributed by atoms with Crippen LogP contribution in [-0.2, 0) is 27.2 Å². The lowest BCUT2D eigenvalue weighted by Crippen LogP contribution is -2.15. The van der Waals surface area contributed by atoms with Crippen LogP contribution in [0.5, 0.6) is 0 Å². The van der Waals surface area contributed by atoms with Crippen LogP contribution in [0.25, 0.3) is 0 Å². The summed E-state index contributed by atoms with van der Waals surface area (Å²) in [4.78, 5) is 0. The Hall–Kier alpha value is 0.420. The van der Waals surface area contributed by atoms with Crippen molar-refractivity contribution in [3.05, 3.63) is 0 Å². The molecular formula is C14H32O7P2. The van der Waals surface area contributed by atoms with Gasteiger partial charge in [-0.15, -0.1) is 0 Å². The van der Waals surface area contributed by atoms with Gasteiger partial charge in [0, 0.05) is 6.61 Å². The van der Waals surface area contributed by atoms with Gasteiger partial charge in [0.05, 0.1) is 26.4 Å². The van der Waals surface area contributed by atoms with Crippen molar-refractivity contribution in [2.45, 2.75) is 59.2 Å². The van der Waals surface area contributed by atoms with E-state index < -0.39 is 22.0 Å². The Morgan fingerprint density at radius 2 is 1.48 bits per heavy atom. The predicted molar refractivity (Wildman–Crippen MR) is 91.5 cm³/mol. The fraction of sp³-hybridized carbons (Fsp3) is 1.00. The van der Waals surface area contributed by atoms with Crippen molar-refractivity contribution < 1.29 is 32.3 Å². The molecule has 0 amide bonds. The van der Waals surface area contributed by atoms with Crippen LogP contribution in [0, 0.1) is 0 Å². The molecule has 0 aromatic heterocycles. The Balaban J connectivity index is 4.93. The molecule has 0 aliphatic rings. The first-order valence-corrected chi connectivity index (χ1v) is 11.0. The lowest BCUT2D eigenvalue weighted by molar-refractivity contribution is 0.0950. The number of phosphoric acid groups is 1. The number of hydrogen-bond acceptors (Lipinski definition) is 7. The maximum absolute atomic E-state index is 12.6. The zero-order chi connectivity index (χ0) is 17.6. The van der Waals surface area contributed by atoms with Crippen LogP contribution in [0.3, 0.4) is 0 Å². The number of phosphoric ester groups is 1. The van der Waals surface area contributed by atoms with Crippen molar-refractivity contribution in [2.24, 2.45) is 0 Å². The van der Waals surface area contributed by atoms with Gasteiger partial charge in [0.1, 0.15) is 5.85 Å². The topological polar surface area (TPSA) is 83.5 Å². The first-order valence-electron chi connectivity index (χ1n) is 8.30. The van der Waals surface area contributed by atoms with Gasteiger partial charge in [-0.1, -0.05) is 12.8 Å². The largest absolute Gasteiger partial charge is 0.475 e. The average Bonchev–Trinajstić information content (AvgIpc) is 2.50. The fourth-order valence-corrected chi connectivity index (χ4v) is 5.02. The smallest absolute Gasteiger partial charge is 0.396 e. The maximum Gasteiger partial charge on any atom is 0.475 e. The summed E-state index contributed by atoms with van der Waals surface area (Å²) in [5.74, 6) is -0.493. The normalized spacial score (nSPS) is 13.7. The summed E-state index contributed by atoms with van der Waals surface area (Å²) in [6.07, 6.45) is 2.99. The summed E-state index contributed by atoms with van der Waals surface area (Å²) >= 11 is 0. The van der Waals surface area contributed by atoms with Crippen LogP contribution < -0.4 is 0 Å². The van der Waals surface area contributed by atoms with Crippen molar-refractivity contribution >= 4 is 16.2 Å². The molecular weight excluding hydrogens is 342 g/mol. The third kappa shape index (κ3) is 10.8. The Morgan fingerprint density at radius 3 is 1.91 bits per heavy atom. The molecule has 7 nitrogen and oxygen atoms in total. The Morgan fingerprint density at radius 1 is 0.913 bits per heavy atom. The van der Waals surface area contributed by atoms with Crippen molar-refractivity contribution in [3.8, 4) is 0 Å². The first-order chi connectivity index (χ1) is 11.1. The highest BCUT2D eigenvalue weighted by molar-refractivity contribution is 7.51. The molecule has 1 atom stereocenters. The van der Waals surface area contributed by atoms with Gasteiger partial charge in [-0.3, -0.25) is 13.6 Å². The number of aliphatic hydroxyl groups excluding tert-OH is 1. The highest BCUT2D eigenvalue weighted by Crippen LogP contribution is 2.58. The zero-order valence-corrected chi connectivity index (χ0v) is 16.5. The predicted octanol–water partition coefficient (Wildman–Crippen LogP) is 4.45. The number of rotatable bonds is 16. The van der Waals surface area contributed by atoms with Crippen LogP contribution in [0.15, 0.2) is 0 Å². The van der Waals surface area contributed by atoms with E-state index in [0.717, 1.165) is 19.3 Å². The SMILES string of the molecule is CCOP(OCC)C(CCCCCO)OP(=O)(OCC)OCC. The van der Waals surface area contributed by atoms with E-state index in [1.54, 1.807) is 13.8 Å². The Kier molecular flexibility index (Phi) is 15.0. The van der Waals surface area contributed by atoms with E-state index in [4.69, 9.17) is 27.7 Å². The van der Waals surface area contributed by atoms with Gasteiger partial charge in [-0.2, -0.15) is 0 Å². The first kappa shape index (κ1) is 23.4. The number of aliphatic hydroxyl groups is 1. The number of hydrogen-bond donors (Lipinski definition) is 1. The molecule has 0 aliphatic carbocycles. The van der Waals surface area contributed by atoms with Gasteiger partial charge in [-0.05, 0) is 40.5 Å². The van der Waals surface area contributed by atoms with Gasteiger partial charge in [0.15, 0.2) is 0 Å². The summed E-state index contributed by atoms with van der Waals surface area (Å²) in [5.41, 5.74) is 0. The summed E-state index contributed by atoms with van der Waals surface area (Å²) in [6, 6.07) is 0. The summed E-state index contributed by atoms with van der Waals surface area (Å²) in [5, 5.41) is 8.87.